The third kappa shape index (κ3) is 3.76. The number of aromatic amines is 2. The van der Waals surface area contributed by atoms with Crippen LogP contribution < -0.4 is 4.74 Å². The monoisotopic (exact) mass is 500 g/mol. The molecule has 3 nitrogen and oxygen atoms in total. The van der Waals surface area contributed by atoms with Gasteiger partial charge in [-0.1, -0.05) is 78.9 Å². The maximum Gasteiger partial charge on any atom is 0.123 e. The Hall–Kier alpha value is -4.15. The lowest BCUT2D eigenvalue weighted by Gasteiger charge is -2.36. The summed E-state index contributed by atoms with van der Waals surface area (Å²) in [4.78, 5) is 8.71. The highest BCUT2D eigenvalue weighted by Gasteiger charge is 2.44. The van der Waals surface area contributed by atoms with E-state index >= 15 is 0 Å². The van der Waals surface area contributed by atoms with Crippen LogP contribution in [0.25, 0.3) is 22.0 Å². The predicted molar refractivity (Wildman–Crippen MR) is 155 cm³/mol. The number of methoxy groups -OCH3 is 1. The third-order valence-corrected chi connectivity index (χ3v) is 7.92. The zero-order valence-electron chi connectivity index (χ0n) is 20.9. The van der Waals surface area contributed by atoms with Crippen molar-refractivity contribution < 1.29 is 4.74 Å². The largest absolute Gasteiger partial charge is 0.496 e. The first-order valence-electron chi connectivity index (χ1n) is 12.4. The number of nitrogens with one attached hydrogen (secondary N) is 2. The highest BCUT2D eigenvalue weighted by Crippen LogP contribution is 2.51. The minimum Gasteiger partial charge on any atom is -0.496 e. The summed E-state index contributed by atoms with van der Waals surface area (Å²) in [5, 5.41) is 1.19. The van der Waals surface area contributed by atoms with Crippen molar-refractivity contribution >= 4 is 22.7 Å². The van der Waals surface area contributed by atoms with E-state index in [0.29, 0.717) is 0 Å². The summed E-state index contributed by atoms with van der Waals surface area (Å²) in [6.07, 6.45) is 4.11. The number of hydrogen-bond donors (Lipinski definition) is 2. The number of hydrogen-bond acceptors (Lipinski definition) is 2. The second-order valence-electron chi connectivity index (χ2n) is 9.05. The van der Waals surface area contributed by atoms with E-state index in [1.54, 1.807) is 18.9 Å². The van der Waals surface area contributed by atoms with Gasteiger partial charge in [-0.3, -0.25) is 0 Å². The molecule has 0 unspecified atom stereocenters. The number of H-pyrrole nitrogens is 2. The second kappa shape index (κ2) is 9.72. The molecule has 0 fully saturated rings. The number of benzene rings is 4. The molecule has 2 heterocycles. The molecule has 0 aliphatic rings. The van der Waals surface area contributed by atoms with Crippen LogP contribution in [0.4, 0.5) is 0 Å². The summed E-state index contributed by atoms with van der Waals surface area (Å²) >= 11 is 1.75. The quantitative estimate of drug-likeness (QED) is 0.217. The Labute approximate surface area is 221 Å². The Morgan fingerprint density at radius 1 is 0.730 bits per heavy atom. The van der Waals surface area contributed by atoms with E-state index in [1.807, 2.05) is 18.3 Å². The van der Waals surface area contributed by atoms with Crippen molar-refractivity contribution in [3.63, 3.8) is 0 Å². The van der Waals surface area contributed by atoms with E-state index in [1.165, 1.54) is 21.4 Å². The van der Waals surface area contributed by atoms with Crippen molar-refractivity contribution in [1.29, 1.82) is 0 Å². The lowest BCUT2D eigenvalue weighted by molar-refractivity contribution is 0.404. The van der Waals surface area contributed by atoms with Crippen molar-refractivity contribution in [2.75, 3.05) is 13.4 Å². The Balaban J connectivity index is 1.82. The van der Waals surface area contributed by atoms with Crippen molar-refractivity contribution in [2.24, 2.45) is 0 Å². The molecule has 4 heteroatoms. The van der Waals surface area contributed by atoms with Gasteiger partial charge in [-0.25, -0.2) is 0 Å². The molecule has 0 saturated carbocycles. The lowest BCUT2D eigenvalue weighted by Crippen LogP contribution is -2.33. The van der Waals surface area contributed by atoms with Crippen LogP contribution in [0.1, 0.15) is 22.5 Å². The highest BCUT2D eigenvalue weighted by molar-refractivity contribution is 7.98. The molecular formula is C33H28N2OS. The Bertz CT molecular complexity index is 1640. The van der Waals surface area contributed by atoms with E-state index in [9.17, 15) is 0 Å². The van der Waals surface area contributed by atoms with Gasteiger partial charge in [-0.05, 0) is 53.8 Å². The van der Waals surface area contributed by atoms with Crippen molar-refractivity contribution in [1.82, 2.24) is 9.97 Å². The van der Waals surface area contributed by atoms with Crippen molar-refractivity contribution in [2.45, 2.75) is 10.3 Å². The van der Waals surface area contributed by atoms with E-state index < -0.39 is 5.41 Å². The molecule has 0 saturated heterocycles. The van der Waals surface area contributed by atoms with E-state index in [-0.39, 0.29) is 0 Å². The van der Waals surface area contributed by atoms with Crippen LogP contribution in [0.15, 0.2) is 126 Å². The van der Waals surface area contributed by atoms with Gasteiger partial charge in [-0.2, -0.15) is 0 Å². The minimum absolute atomic E-state index is 0.697. The molecule has 0 radical (unpaired) electrons. The summed E-state index contributed by atoms with van der Waals surface area (Å²) < 4.78 is 6.03. The third-order valence-electron chi connectivity index (χ3n) is 7.18. The average molecular weight is 501 g/mol. The number of para-hydroxylation sites is 2. The maximum atomic E-state index is 6.03. The fourth-order valence-electron chi connectivity index (χ4n) is 5.56. The van der Waals surface area contributed by atoms with Crippen molar-refractivity contribution in [3.8, 4) is 16.9 Å². The normalized spacial score (nSPS) is 12.9. The number of thioether (sulfide) groups is 1. The Morgan fingerprint density at radius 2 is 1.46 bits per heavy atom. The zero-order valence-corrected chi connectivity index (χ0v) is 21.7. The first kappa shape index (κ1) is 23.3. The van der Waals surface area contributed by atoms with E-state index in [4.69, 9.17) is 4.74 Å². The molecule has 0 bridgehead atoms. The SMILES string of the molecule is COc1ccccc1[C@@](c1ccc(SC)cc1)(c1ccc[nH]1)c1[nH]c2ccccc2c1-c1ccccc1. The minimum atomic E-state index is -0.697. The summed E-state index contributed by atoms with van der Waals surface area (Å²) in [6, 6.07) is 40.7. The molecule has 0 spiro atoms. The zero-order chi connectivity index (χ0) is 25.2. The van der Waals surface area contributed by atoms with Gasteiger partial charge in [-0.15, -0.1) is 11.8 Å². The molecule has 37 heavy (non-hydrogen) atoms. The molecule has 0 aliphatic carbocycles. The maximum absolute atomic E-state index is 6.03. The van der Waals surface area contributed by atoms with E-state index in [2.05, 4.69) is 119 Å². The lowest BCUT2D eigenvalue weighted by atomic mass is 9.67. The average Bonchev–Trinajstić information content (AvgIpc) is 3.64. The molecule has 0 amide bonds. The van der Waals surface area contributed by atoms with Crippen LogP contribution in [0.5, 0.6) is 5.75 Å². The molecular weight excluding hydrogens is 472 g/mol. The summed E-state index contributed by atoms with van der Waals surface area (Å²) in [5.74, 6) is 0.837. The number of rotatable bonds is 7. The summed E-state index contributed by atoms with van der Waals surface area (Å²) in [6.45, 7) is 0. The molecule has 182 valence electrons. The molecule has 2 N–H and O–H groups in total. The van der Waals surface area contributed by atoms with Gasteiger partial charge in [0.1, 0.15) is 11.2 Å². The van der Waals surface area contributed by atoms with Crippen LogP contribution in [-0.2, 0) is 5.41 Å². The summed E-state index contributed by atoms with van der Waals surface area (Å²) in [7, 11) is 1.75. The van der Waals surface area contributed by atoms with Crippen LogP contribution in [0.2, 0.25) is 0 Å². The molecule has 0 aliphatic heterocycles. The number of fused-ring (bicyclic) bond motifs is 1. The molecule has 4 aromatic carbocycles. The van der Waals surface area contributed by atoms with E-state index in [0.717, 1.165) is 33.8 Å². The summed E-state index contributed by atoms with van der Waals surface area (Å²) in [5.41, 5.74) is 7.15. The molecule has 6 aromatic rings. The van der Waals surface area contributed by atoms with Crippen molar-refractivity contribution in [3.05, 3.63) is 144 Å². The van der Waals surface area contributed by atoms with Gasteiger partial charge in [0.25, 0.3) is 0 Å². The van der Waals surface area contributed by atoms with Crippen LogP contribution in [-0.4, -0.2) is 23.3 Å². The number of ether oxygens (including phenoxy) is 1. The Kier molecular flexibility index (Phi) is 6.11. The van der Waals surface area contributed by atoms with Crippen LogP contribution >= 0.6 is 11.8 Å². The first-order valence-corrected chi connectivity index (χ1v) is 13.6. The smallest absolute Gasteiger partial charge is 0.123 e. The fraction of sp³-hybridized carbons (Fsp3) is 0.0909. The topological polar surface area (TPSA) is 40.8 Å². The molecule has 2 aromatic heterocycles. The van der Waals surface area contributed by atoms with Crippen LogP contribution in [0.3, 0.4) is 0 Å². The van der Waals surface area contributed by atoms with Gasteiger partial charge < -0.3 is 14.7 Å². The molecule has 6 rings (SSSR count). The highest BCUT2D eigenvalue weighted by atomic mass is 32.2. The van der Waals surface area contributed by atoms with Gasteiger partial charge in [0.15, 0.2) is 0 Å². The first-order chi connectivity index (χ1) is 18.3. The fourth-order valence-corrected chi connectivity index (χ4v) is 5.96. The van der Waals surface area contributed by atoms with Crippen LogP contribution in [0, 0.1) is 0 Å². The van der Waals surface area contributed by atoms with Gasteiger partial charge in [0, 0.05) is 44.5 Å². The van der Waals surface area contributed by atoms with Gasteiger partial charge >= 0.3 is 0 Å². The number of aromatic nitrogens is 2. The predicted octanol–water partition coefficient (Wildman–Crippen LogP) is 8.28. The Morgan fingerprint density at radius 3 is 2.19 bits per heavy atom. The molecule has 1 atom stereocenters. The van der Waals surface area contributed by atoms with Gasteiger partial charge in [0.05, 0.1) is 7.11 Å². The van der Waals surface area contributed by atoms with Gasteiger partial charge in [0.2, 0.25) is 0 Å². The standard InChI is InChI=1S/C33H28N2OS/c1-36-29-16-9-7-14-27(29)33(30-17-10-22-34-30,24-18-20-25(37-2)21-19-24)32-31(23-11-4-3-5-12-23)26-13-6-8-15-28(26)35-32/h3-22,34-35H,1-2H3/t33-/m0/s1. The second-order valence-corrected chi connectivity index (χ2v) is 9.93.